The Morgan fingerprint density at radius 1 is 0.368 bits per heavy atom. The van der Waals surface area contributed by atoms with Crippen molar-refractivity contribution in [3.8, 4) is 0 Å². The van der Waals surface area contributed by atoms with Crippen LogP contribution in [0.5, 0.6) is 0 Å². The molecule has 178 valence electrons. The van der Waals surface area contributed by atoms with Gasteiger partial charge >= 0.3 is 0 Å². The Morgan fingerprint density at radius 3 is 1.21 bits per heavy atom. The highest BCUT2D eigenvalue weighted by molar-refractivity contribution is 6.00. The molecule has 3 heteroatoms. The van der Waals surface area contributed by atoms with Crippen molar-refractivity contribution in [1.29, 1.82) is 0 Å². The molecule has 0 saturated carbocycles. The van der Waals surface area contributed by atoms with Crippen molar-refractivity contribution < 1.29 is 0 Å². The normalized spacial score (nSPS) is 12.0. The predicted octanol–water partition coefficient (Wildman–Crippen LogP) is 9.20. The highest BCUT2D eigenvalue weighted by atomic mass is 14.8. The summed E-state index contributed by atoms with van der Waals surface area (Å²) in [6.45, 7) is 0. The van der Waals surface area contributed by atoms with Crippen LogP contribution < -0.4 is 0 Å². The van der Waals surface area contributed by atoms with E-state index in [1.807, 2.05) is 30.3 Å². The fourth-order valence-corrected chi connectivity index (χ4v) is 4.91. The maximum atomic E-state index is 4.71. The molecule has 3 nitrogen and oxygen atoms in total. The van der Waals surface area contributed by atoms with Crippen LogP contribution in [-0.4, -0.2) is 17.4 Å². The Balaban J connectivity index is 1.13. The highest BCUT2D eigenvalue weighted by Gasteiger charge is 2.01. The van der Waals surface area contributed by atoms with E-state index >= 15 is 0 Å². The summed E-state index contributed by atoms with van der Waals surface area (Å²) < 4.78 is 0. The highest BCUT2D eigenvalue weighted by Crippen LogP contribution is 2.27. The molecule has 0 unspecified atom stereocenters. The summed E-state index contributed by atoms with van der Waals surface area (Å²) in [7, 11) is 0. The average molecular weight is 486 g/mol. The van der Waals surface area contributed by atoms with E-state index in [0.29, 0.717) is 0 Å². The van der Waals surface area contributed by atoms with Gasteiger partial charge in [-0.05, 0) is 104 Å². The molecule has 38 heavy (non-hydrogen) atoms. The van der Waals surface area contributed by atoms with E-state index in [-0.39, 0.29) is 0 Å². The molecule has 0 aliphatic carbocycles. The van der Waals surface area contributed by atoms with Gasteiger partial charge in [-0.2, -0.15) is 0 Å². The zero-order valence-corrected chi connectivity index (χ0v) is 20.6. The third kappa shape index (κ3) is 4.42. The minimum Gasteiger partial charge on any atom is -0.255 e. The summed E-state index contributed by atoms with van der Waals surface area (Å²) in [5.41, 5.74) is 3.38. The van der Waals surface area contributed by atoms with E-state index in [9.17, 15) is 0 Å². The van der Waals surface area contributed by atoms with E-state index in [1.54, 1.807) is 12.4 Å². The number of pyridine rings is 1. The van der Waals surface area contributed by atoms with Crippen LogP contribution in [0.3, 0.4) is 0 Å². The number of benzene rings is 6. The largest absolute Gasteiger partial charge is 0.255 e. The lowest BCUT2D eigenvalue weighted by molar-refractivity contribution is 1.27. The number of aliphatic imine (C=N–C) groups is 2. The Hall–Kier alpha value is -5.15. The average Bonchev–Trinajstić information content (AvgIpc) is 2.97. The van der Waals surface area contributed by atoms with E-state index in [1.165, 1.54) is 43.1 Å². The smallest absolute Gasteiger partial charge is 0.0820 e. The van der Waals surface area contributed by atoms with Crippen molar-refractivity contribution in [2.24, 2.45) is 9.98 Å². The number of rotatable bonds is 4. The maximum Gasteiger partial charge on any atom is 0.0820 e. The summed E-state index contributed by atoms with van der Waals surface area (Å²) >= 11 is 0. The van der Waals surface area contributed by atoms with E-state index < -0.39 is 0 Å². The van der Waals surface area contributed by atoms with Gasteiger partial charge in [-0.25, -0.2) is 4.98 Å². The predicted molar refractivity (Wildman–Crippen MR) is 162 cm³/mol. The fourth-order valence-electron chi connectivity index (χ4n) is 4.91. The van der Waals surface area contributed by atoms with Gasteiger partial charge in [-0.3, -0.25) is 9.98 Å². The van der Waals surface area contributed by atoms with Crippen LogP contribution in [-0.2, 0) is 0 Å². The molecule has 7 rings (SSSR count). The monoisotopic (exact) mass is 485 g/mol. The molecule has 0 bridgehead atoms. The lowest BCUT2D eigenvalue weighted by Crippen LogP contribution is -1.92. The first-order valence-electron chi connectivity index (χ1n) is 12.7. The quantitative estimate of drug-likeness (QED) is 0.181. The van der Waals surface area contributed by atoms with Gasteiger partial charge in [0.2, 0.25) is 0 Å². The molecule has 1 aromatic heterocycles. The lowest BCUT2D eigenvalue weighted by Gasteiger charge is -2.04. The summed E-state index contributed by atoms with van der Waals surface area (Å²) in [4.78, 5) is 14.1. The Morgan fingerprint density at radius 2 is 0.763 bits per heavy atom. The lowest BCUT2D eigenvalue weighted by atomic mass is 10.0. The van der Waals surface area contributed by atoms with Crippen LogP contribution in [0.4, 0.5) is 11.4 Å². The third-order valence-electron chi connectivity index (χ3n) is 6.86. The molecule has 6 aromatic carbocycles. The van der Waals surface area contributed by atoms with Crippen molar-refractivity contribution in [2.75, 3.05) is 0 Å². The van der Waals surface area contributed by atoms with Crippen LogP contribution in [0.2, 0.25) is 0 Å². The maximum absolute atomic E-state index is 4.71. The second kappa shape index (κ2) is 9.38. The number of fused-ring (bicyclic) bond motifs is 4. The molecule has 0 atom stereocenters. The van der Waals surface area contributed by atoms with Gasteiger partial charge in [0.1, 0.15) is 0 Å². The summed E-state index contributed by atoms with van der Waals surface area (Å²) in [6.07, 6.45) is 3.61. The molecular weight excluding hydrogens is 462 g/mol. The van der Waals surface area contributed by atoms with Crippen molar-refractivity contribution in [2.45, 2.75) is 0 Å². The standard InChI is InChI=1S/C35H23N3/c1-3-8-26-18-30-20-32(14-12-28(30)16-24(26)6-1)36-22-34-10-5-11-35(38-34)23-37-33-15-13-29-17-25-7-2-4-9-27(25)19-31(29)21-33/h1-23H. The van der Waals surface area contributed by atoms with Crippen molar-refractivity contribution in [3.63, 3.8) is 0 Å². The van der Waals surface area contributed by atoms with Gasteiger partial charge in [0.25, 0.3) is 0 Å². The van der Waals surface area contributed by atoms with Crippen LogP contribution >= 0.6 is 0 Å². The molecule has 7 aromatic rings. The van der Waals surface area contributed by atoms with E-state index in [2.05, 4.69) is 97.1 Å². The Bertz CT molecular complexity index is 1890. The van der Waals surface area contributed by atoms with Crippen molar-refractivity contribution in [1.82, 2.24) is 4.98 Å². The number of hydrogen-bond donors (Lipinski definition) is 0. The zero-order valence-electron chi connectivity index (χ0n) is 20.6. The van der Waals surface area contributed by atoms with Gasteiger partial charge in [0.15, 0.2) is 0 Å². The SMILES string of the molecule is C(=Nc1ccc2cc3ccccc3cc2c1)c1cccc(C=Nc2ccc3cc4ccccc4cc3c2)n1. The molecular formula is C35H23N3. The van der Waals surface area contributed by atoms with Crippen LogP contribution in [0.1, 0.15) is 11.4 Å². The Labute approximate surface area is 220 Å². The zero-order chi connectivity index (χ0) is 25.3. The van der Waals surface area contributed by atoms with E-state index in [4.69, 9.17) is 15.0 Å². The minimum absolute atomic E-state index is 0.789. The first kappa shape index (κ1) is 22.1. The molecule has 1 heterocycles. The van der Waals surface area contributed by atoms with Gasteiger partial charge in [0, 0.05) is 0 Å². The second-order valence-electron chi connectivity index (χ2n) is 9.47. The first-order valence-corrected chi connectivity index (χ1v) is 12.7. The van der Waals surface area contributed by atoms with Crippen LogP contribution in [0.25, 0.3) is 43.1 Å². The van der Waals surface area contributed by atoms with Gasteiger partial charge in [-0.1, -0.05) is 66.7 Å². The number of hydrogen-bond acceptors (Lipinski definition) is 3. The molecule has 0 aliphatic rings. The summed E-state index contributed by atoms with van der Waals surface area (Å²) in [5, 5.41) is 9.73. The number of aromatic nitrogens is 1. The van der Waals surface area contributed by atoms with Gasteiger partial charge < -0.3 is 0 Å². The minimum atomic E-state index is 0.789. The number of nitrogens with zero attached hydrogens (tertiary/aromatic N) is 3. The molecule has 0 spiro atoms. The van der Waals surface area contributed by atoms with Crippen molar-refractivity contribution >= 4 is 66.9 Å². The van der Waals surface area contributed by atoms with E-state index in [0.717, 1.165) is 22.8 Å². The third-order valence-corrected chi connectivity index (χ3v) is 6.86. The Kier molecular flexibility index (Phi) is 5.45. The fraction of sp³-hybridized carbons (Fsp3) is 0. The molecule has 0 saturated heterocycles. The molecule has 0 aliphatic heterocycles. The molecule has 0 radical (unpaired) electrons. The van der Waals surface area contributed by atoms with Gasteiger partial charge in [0.05, 0.1) is 35.2 Å². The molecule has 0 amide bonds. The van der Waals surface area contributed by atoms with Crippen LogP contribution in [0.15, 0.2) is 137 Å². The summed E-state index contributed by atoms with van der Waals surface area (Å²) in [6, 6.07) is 44.2. The summed E-state index contributed by atoms with van der Waals surface area (Å²) in [5.74, 6) is 0. The second-order valence-corrected chi connectivity index (χ2v) is 9.47. The first-order chi connectivity index (χ1) is 18.8. The topological polar surface area (TPSA) is 37.6 Å². The molecule has 0 N–H and O–H groups in total. The van der Waals surface area contributed by atoms with Gasteiger partial charge in [-0.15, -0.1) is 0 Å². The van der Waals surface area contributed by atoms with Crippen molar-refractivity contribution in [3.05, 3.63) is 139 Å². The molecule has 0 fully saturated rings. The van der Waals surface area contributed by atoms with Crippen LogP contribution in [0, 0.1) is 0 Å².